The molecule has 2 aromatic carbocycles. The number of rotatable bonds is 6. The second-order valence-corrected chi connectivity index (χ2v) is 6.81. The molecule has 0 aliphatic rings. The molecule has 4 aromatic rings. The van der Waals surface area contributed by atoms with Gasteiger partial charge in [0.1, 0.15) is 0 Å². The summed E-state index contributed by atoms with van der Waals surface area (Å²) in [5.74, 6) is 0.738. The number of aromatic nitrogens is 4. The van der Waals surface area contributed by atoms with E-state index < -0.39 is 0 Å². The molecule has 6 nitrogen and oxygen atoms in total. The summed E-state index contributed by atoms with van der Waals surface area (Å²) in [6.07, 6.45) is 3.62. The molecule has 0 saturated heterocycles. The zero-order valence-electron chi connectivity index (χ0n) is 16.1. The van der Waals surface area contributed by atoms with Gasteiger partial charge >= 0.3 is 0 Å². The van der Waals surface area contributed by atoms with Gasteiger partial charge in [-0.05, 0) is 30.2 Å². The maximum atomic E-state index is 12.9. The third-order valence-electron chi connectivity index (χ3n) is 4.53. The highest BCUT2D eigenvalue weighted by molar-refractivity contribution is 5.83. The van der Waals surface area contributed by atoms with E-state index in [4.69, 9.17) is 0 Å². The standard InChI is InChI=1S/C23H21N5O/c1-17-9-11-19(12-10-17)15-25-23-26-22(20-8-5-13-24-16-20)27-28(23)21(29)14-18-6-3-2-4-7-18/h2-13,16H,14-15H2,1H3,(H,25,26,27). The smallest absolute Gasteiger partial charge is 0.254 e. The zero-order valence-corrected chi connectivity index (χ0v) is 16.1. The highest BCUT2D eigenvalue weighted by Gasteiger charge is 2.17. The molecule has 6 heteroatoms. The van der Waals surface area contributed by atoms with Crippen LogP contribution >= 0.6 is 0 Å². The third-order valence-corrected chi connectivity index (χ3v) is 4.53. The van der Waals surface area contributed by atoms with Gasteiger partial charge in [-0.25, -0.2) is 0 Å². The summed E-state index contributed by atoms with van der Waals surface area (Å²) >= 11 is 0. The van der Waals surface area contributed by atoms with Crippen molar-refractivity contribution in [3.05, 3.63) is 95.8 Å². The van der Waals surface area contributed by atoms with Crippen molar-refractivity contribution in [2.75, 3.05) is 5.32 Å². The predicted octanol–water partition coefficient (Wildman–Crippen LogP) is 4.14. The lowest BCUT2D eigenvalue weighted by molar-refractivity contribution is 0.0901. The molecule has 0 saturated carbocycles. The SMILES string of the molecule is Cc1ccc(CNc2nc(-c3cccnc3)nn2C(=O)Cc2ccccc2)cc1. The second kappa shape index (κ2) is 8.48. The van der Waals surface area contributed by atoms with Crippen molar-refractivity contribution in [1.82, 2.24) is 19.7 Å². The molecule has 2 heterocycles. The number of pyridine rings is 1. The minimum atomic E-state index is -0.148. The van der Waals surface area contributed by atoms with Crippen LogP contribution < -0.4 is 5.32 Å². The van der Waals surface area contributed by atoms with E-state index in [0.717, 1.165) is 16.7 Å². The number of hydrogen-bond donors (Lipinski definition) is 1. The van der Waals surface area contributed by atoms with Gasteiger partial charge in [0.15, 0.2) is 5.82 Å². The molecule has 0 amide bonds. The van der Waals surface area contributed by atoms with Crippen molar-refractivity contribution >= 4 is 11.9 Å². The van der Waals surface area contributed by atoms with Crippen molar-refractivity contribution in [2.45, 2.75) is 19.9 Å². The Hall–Kier alpha value is -3.80. The number of benzene rings is 2. The lowest BCUT2D eigenvalue weighted by Crippen LogP contribution is -2.18. The molecule has 1 N–H and O–H groups in total. The Bertz CT molecular complexity index is 1090. The number of aryl methyl sites for hydroxylation is 1. The number of hydrogen-bond acceptors (Lipinski definition) is 5. The molecule has 0 aliphatic carbocycles. The molecule has 0 aliphatic heterocycles. The van der Waals surface area contributed by atoms with Crippen molar-refractivity contribution in [3.8, 4) is 11.4 Å². The van der Waals surface area contributed by atoms with Gasteiger partial charge in [-0.2, -0.15) is 9.67 Å². The first-order valence-corrected chi connectivity index (χ1v) is 9.43. The van der Waals surface area contributed by atoms with Crippen molar-refractivity contribution < 1.29 is 4.79 Å². The Kier molecular flexibility index (Phi) is 5.42. The van der Waals surface area contributed by atoms with Crippen LogP contribution in [0, 0.1) is 6.92 Å². The molecular formula is C23H21N5O. The topological polar surface area (TPSA) is 72.7 Å². The molecule has 0 bridgehead atoms. The first-order chi connectivity index (χ1) is 14.2. The second-order valence-electron chi connectivity index (χ2n) is 6.81. The van der Waals surface area contributed by atoms with E-state index in [1.165, 1.54) is 10.2 Å². The van der Waals surface area contributed by atoms with Crippen molar-refractivity contribution in [1.29, 1.82) is 0 Å². The van der Waals surface area contributed by atoms with Crippen LogP contribution in [0.25, 0.3) is 11.4 Å². The van der Waals surface area contributed by atoms with Gasteiger partial charge in [-0.3, -0.25) is 9.78 Å². The molecule has 4 rings (SSSR count). The average molecular weight is 383 g/mol. The Morgan fingerprint density at radius 3 is 2.48 bits per heavy atom. The summed E-state index contributed by atoms with van der Waals surface area (Å²) in [5, 5.41) is 7.71. The van der Waals surface area contributed by atoms with Crippen LogP contribution in [-0.4, -0.2) is 25.7 Å². The van der Waals surface area contributed by atoms with Crippen LogP contribution in [-0.2, 0) is 13.0 Å². The Labute approximate surface area is 169 Å². The fourth-order valence-corrected chi connectivity index (χ4v) is 2.95. The van der Waals surface area contributed by atoms with Gasteiger partial charge in [-0.1, -0.05) is 60.2 Å². The first-order valence-electron chi connectivity index (χ1n) is 9.43. The van der Waals surface area contributed by atoms with Gasteiger partial charge in [0.2, 0.25) is 5.95 Å². The van der Waals surface area contributed by atoms with Crippen LogP contribution in [0.5, 0.6) is 0 Å². The summed E-state index contributed by atoms with van der Waals surface area (Å²) in [4.78, 5) is 21.6. The third kappa shape index (κ3) is 4.55. The maximum absolute atomic E-state index is 12.9. The molecule has 0 fully saturated rings. The molecule has 29 heavy (non-hydrogen) atoms. The molecule has 0 unspecified atom stereocenters. The van der Waals surface area contributed by atoms with E-state index in [0.29, 0.717) is 18.3 Å². The minimum absolute atomic E-state index is 0.148. The van der Waals surface area contributed by atoms with Gasteiger partial charge < -0.3 is 5.32 Å². The van der Waals surface area contributed by atoms with Crippen LogP contribution in [0.3, 0.4) is 0 Å². The average Bonchev–Trinajstić information content (AvgIpc) is 3.19. The Morgan fingerprint density at radius 1 is 0.966 bits per heavy atom. The van der Waals surface area contributed by atoms with E-state index in [-0.39, 0.29) is 12.3 Å². The predicted molar refractivity (Wildman–Crippen MR) is 113 cm³/mol. The number of nitrogens with zero attached hydrogens (tertiary/aromatic N) is 4. The molecule has 0 spiro atoms. The van der Waals surface area contributed by atoms with E-state index in [2.05, 4.69) is 51.6 Å². The molecule has 144 valence electrons. The van der Waals surface area contributed by atoms with Crippen molar-refractivity contribution in [3.63, 3.8) is 0 Å². The first kappa shape index (κ1) is 18.6. The van der Waals surface area contributed by atoms with Gasteiger partial charge in [-0.15, -0.1) is 5.10 Å². The minimum Gasteiger partial charge on any atom is -0.350 e. The Balaban J connectivity index is 1.61. The van der Waals surface area contributed by atoms with Crippen LogP contribution in [0.1, 0.15) is 21.5 Å². The zero-order chi connectivity index (χ0) is 20.1. The van der Waals surface area contributed by atoms with Crippen LogP contribution in [0.4, 0.5) is 5.95 Å². The van der Waals surface area contributed by atoms with E-state index >= 15 is 0 Å². The highest BCUT2D eigenvalue weighted by Crippen LogP contribution is 2.18. The van der Waals surface area contributed by atoms with Crippen LogP contribution in [0.2, 0.25) is 0 Å². The number of nitrogens with one attached hydrogen (secondary N) is 1. The van der Waals surface area contributed by atoms with Gasteiger partial charge in [0, 0.05) is 24.5 Å². The molecule has 2 aromatic heterocycles. The number of carbonyl (C=O) groups excluding carboxylic acids is 1. The van der Waals surface area contributed by atoms with E-state index in [9.17, 15) is 4.79 Å². The molecule has 0 radical (unpaired) electrons. The largest absolute Gasteiger partial charge is 0.350 e. The number of anilines is 1. The summed E-state index contributed by atoms with van der Waals surface area (Å²) in [5.41, 5.74) is 4.00. The maximum Gasteiger partial charge on any atom is 0.254 e. The highest BCUT2D eigenvalue weighted by atomic mass is 16.2. The van der Waals surface area contributed by atoms with E-state index in [1.807, 2.05) is 42.5 Å². The van der Waals surface area contributed by atoms with E-state index in [1.54, 1.807) is 12.4 Å². The van der Waals surface area contributed by atoms with Crippen molar-refractivity contribution in [2.24, 2.45) is 0 Å². The fourth-order valence-electron chi connectivity index (χ4n) is 2.95. The summed E-state index contributed by atoms with van der Waals surface area (Å²) in [7, 11) is 0. The fraction of sp³-hybridized carbons (Fsp3) is 0.130. The Morgan fingerprint density at radius 2 is 1.76 bits per heavy atom. The normalized spacial score (nSPS) is 10.7. The molecular weight excluding hydrogens is 362 g/mol. The lowest BCUT2D eigenvalue weighted by Gasteiger charge is -2.08. The monoisotopic (exact) mass is 383 g/mol. The van der Waals surface area contributed by atoms with Crippen LogP contribution in [0.15, 0.2) is 79.1 Å². The molecule has 0 atom stereocenters. The van der Waals surface area contributed by atoms with Gasteiger partial charge in [0.25, 0.3) is 5.91 Å². The number of carbonyl (C=O) groups is 1. The quantitative estimate of drug-likeness (QED) is 0.542. The summed E-state index contributed by atoms with van der Waals surface area (Å²) in [6.45, 7) is 2.60. The summed E-state index contributed by atoms with van der Waals surface area (Å²) in [6, 6.07) is 21.5. The summed E-state index contributed by atoms with van der Waals surface area (Å²) < 4.78 is 1.35. The lowest BCUT2D eigenvalue weighted by atomic mass is 10.1. The van der Waals surface area contributed by atoms with Gasteiger partial charge in [0.05, 0.1) is 6.42 Å².